The number of benzene rings is 2. The zero-order valence-electron chi connectivity index (χ0n) is 17.9. The SMILES string of the molecule is Cc1ccccc1C1(CNC(=O)c2nc(C3CC3)n(-c3ccccc3)n2)CCOCC1. The summed E-state index contributed by atoms with van der Waals surface area (Å²) in [5, 5.41) is 7.74. The highest BCUT2D eigenvalue weighted by Gasteiger charge is 2.37. The van der Waals surface area contributed by atoms with Gasteiger partial charge in [0.15, 0.2) is 0 Å². The Labute approximate surface area is 182 Å². The minimum Gasteiger partial charge on any atom is -0.381 e. The Kier molecular flexibility index (Phi) is 5.32. The number of nitrogens with one attached hydrogen (secondary N) is 1. The Bertz CT molecular complexity index is 1070. The van der Waals surface area contributed by atoms with Gasteiger partial charge in [0.25, 0.3) is 5.91 Å². The summed E-state index contributed by atoms with van der Waals surface area (Å²) in [5.74, 6) is 1.31. The smallest absolute Gasteiger partial charge is 0.291 e. The Morgan fingerprint density at radius 3 is 2.52 bits per heavy atom. The number of ether oxygens (including phenoxy) is 1. The third-order valence-electron chi connectivity index (χ3n) is 6.53. The fraction of sp³-hybridized carbons (Fsp3) is 0.400. The third-order valence-corrected chi connectivity index (χ3v) is 6.53. The van der Waals surface area contributed by atoms with Crippen LogP contribution in [0, 0.1) is 6.92 Å². The molecule has 6 nitrogen and oxygen atoms in total. The normalized spacial score (nSPS) is 18.0. The topological polar surface area (TPSA) is 69.0 Å². The van der Waals surface area contributed by atoms with Gasteiger partial charge in [0, 0.05) is 31.1 Å². The van der Waals surface area contributed by atoms with Crippen LogP contribution in [0.2, 0.25) is 0 Å². The molecule has 0 radical (unpaired) electrons. The van der Waals surface area contributed by atoms with Crippen LogP contribution in [0.4, 0.5) is 0 Å². The van der Waals surface area contributed by atoms with Crippen LogP contribution in [-0.4, -0.2) is 40.4 Å². The highest BCUT2D eigenvalue weighted by atomic mass is 16.5. The first-order valence-corrected chi connectivity index (χ1v) is 11.1. The van der Waals surface area contributed by atoms with Gasteiger partial charge in [-0.05, 0) is 55.9 Å². The van der Waals surface area contributed by atoms with Crippen molar-refractivity contribution in [2.24, 2.45) is 0 Å². The van der Waals surface area contributed by atoms with Crippen molar-refractivity contribution in [3.05, 3.63) is 77.4 Å². The second kappa shape index (κ2) is 8.27. The molecule has 0 atom stereocenters. The van der Waals surface area contributed by atoms with Gasteiger partial charge in [-0.15, -0.1) is 5.10 Å². The number of amides is 1. The average molecular weight is 417 g/mol. The Morgan fingerprint density at radius 2 is 1.81 bits per heavy atom. The van der Waals surface area contributed by atoms with Gasteiger partial charge in [-0.25, -0.2) is 9.67 Å². The predicted molar refractivity (Wildman–Crippen MR) is 119 cm³/mol. The molecule has 2 heterocycles. The molecule has 31 heavy (non-hydrogen) atoms. The lowest BCUT2D eigenvalue weighted by Gasteiger charge is -2.38. The summed E-state index contributed by atoms with van der Waals surface area (Å²) in [4.78, 5) is 17.7. The summed E-state index contributed by atoms with van der Waals surface area (Å²) in [5.41, 5.74) is 3.36. The maximum Gasteiger partial charge on any atom is 0.291 e. The second-order valence-corrected chi connectivity index (χ2v) is 8.71. The minimum atomic E-state index is -0.212. The van der Waals surface area contributed by atoms with Crippen LogP contribution < -0.4 is 5.32 Å². The van der Waals surface area contributed by atoms with E-state index in [9.17, 15) is 4.79 Å². The largest absolute Gasteiger partial charge is 0.381 e. The van der Waals surface area contributed by atoms with E-state index in [1.807, 2.05) is 35.0 Å². The molecular formula is C25H28N4O2. The molecule has 1 amide bonds. The molecule has 160 valence electrons. The van der Waals surface area contributed by atoms with Crippen molar-refractivity contribution in [3.8, 4) is 5.69 Å². The van der Waals surface area contributed by atoms with Crippen molar-refractivity contribution >= 4 is 5.91 Å². The van der Waals surface area contributed by atoms with Crippen LogP contribution in [0.3, 0.4) is 0 Å². The van der Waals surface area contributed by atoms with E-state index in [0.717, 1.165) is 37.2 Å². The lowest BCUT2D eigenvalue weighted by atomic mass is 9.72. The van der Waals surface area contributed by atoms with Gasteiger partial charge in [0.2, 0.25) is 5.82 Å². The molecule has 0 bridgehead atoms. The summed E-state index contributed by atoms with van der Waals surface area (Å²) >= 11 is 0. The summed E-state index contributed by atoms with van der Waals surface area (Å²) in [7, 11) is 0. The predicted octanol–water partition coefficient (Wildman–Crippen LogP) is 3.93. The highest BCUT2D eigenvalue weighted by Crippen LogP contribution is 2.40. The molecule has 2 aromatic carbocycles. The summed E-state index contributed by atoms with van der Waals surface area (Å²) in [6.07, 6.45) is 3.97. The first-order chi connectivity index (χ1) is 15.2. The van der Waals surface area contributed by atoms with E-state index in [-0.39, 0.29) is 17.1 Å². The molecule has 1 aliphatic heterocycles. The fourth-order valence-electron chi connectivity index (χ4n) is 4.59. The van der Waals surface area contributed by atoms with Crippen molar-refractivity contribution in [1.29, 1.82) is 0 Å². The van der Waals surface area contributed by atoms with Gasteiger partial charge in [-0.2, -0.15) is 0 Å². The van der Waals surface area contributed by atoms with Crippen LogP contribution in [0.25, 0.3) is 5.69 Å². The van der Waals surface area contributed by atoms with Crippen molar-refractivity contribution in [3.63, 3.8) is 0 Å². The molecule has 1 N–H and O–H groups in total. The number of carbonyl (C=O) groups is 1. The monoisotopic (exact) mass is 416 g/mol. The van der Waals surface area contributed by atoms with Crippen molar-refractivity contribution in [2.45, 2.75) is 43.9 Å². The zero-order chi connectivity index (χ0) is 21.3. The molecule has 0 spiro atoms. The molecule has 5 rings (SSSR count). The molecule has 6 heteroatoms. The van der Waals surface area contributed by atoms with E-state index < -0.39 is 0 Å². The number of hydrogen-bond acceptors (Lipinski definition) is 4. The number of rotatable bonds is 6. The number of aromatic nitrogens is 3. The lowest BCUT2D eigenvalue weighted by molar-refractivity contribution is 0.0484. The molecule has 3 aromatic rings. The Balaban J connectivity index is 1.39. The van der Waals surface area contributed by atoms with Crippen LogP contribution in [0.15, 0.2) is 54.6 Å². The van der Waals surface area contributed by atoms with Crippen molar-refractivity contribution in [2.75, 3.05) is 19.8 Å². The van der Waals surface area contributed by atoms with Crippen LogP contribution in [0.1, 0.15) is 59.2 Å². The van der Waals surface area contributed by atoms with Crippen LogP contribution in [0.5, 0.6) is 0 Å². The number of aryl methyl sites for hydroxylation is 1. The average Bonchev–Trinajstić information content (AvgIpc) is 3.57. The Morgan fingerprint density at radius 1 is 1.10 bits per heavy atom. The number of nitrogens with zero attached hydrogens (tertiary/aromatic N) is 3. The molecule has 2 fully saturated rings. The van der Waals surface area contributed by atoms with Crippen LogP contribution >= 0.6 is 0 Å². The number of para-hydroxylation sites is 1. The third kappa shape index (κ3) is 4.00. The van der Waals surface area contributed by atoms with Crippen LogP contribution in [-0.2, 0) is 10.2 Å². The molecule has 0 unspecified atom stereocenters. The van der Waals surface area contributed by atoms with Crippen molar-refractivity contribution < 1.29 is 9.53 Å². The van der Waals surface area contributed by atoms with Gasteiger partial charge in [0.1, 0.15) is 5.82 Å². The van der Waals surface area contributed by atoms with E-state index in [1.54, 1.807) is 0 Å². The lowest BCUT2D eigenvalue weighted by Crippen LogP contribution is -2.45. The number of hydrogen-bond donors (Lipinski definition) is 1. The maximum atomic E-state index is 13.1. The van der Waals surface area contributed by atoms with E-state index in [0.29, 0.717) is 25.7 Å². The van der Waals surface area contributed by atoms with E-state index in [1.165, 1.54) is 11.1 Å². The fourth-order valence-corrected chi connectivity index (χ4v) is 4.59. The van der Waals surface area contributed by atoms with E-state index in [2.05, 4.69) is 46.6 Å². The minimum absolute atomic E-state index is 0.124. The van der Waals surface area contributed by atoms with Crippen molar-refractivity contribution in [1.82, 2.24) is 20.1 Å². The number of carbonyl (C=O) groups excluding carboxylic acids is 1. The van der Waals surface area contributed by atoms with E-state index in [4.69, 9.17) is 4.74 Å². The van der Waals surface area contributed by atoms with Gasteiger partial charge < -0.3 is 10.1 Å². The van der Waals surface area contributed by atoms with Gasteiger partial charge >= 0.3 is 0 Å². The summed E-state index contributed by atoms with van der Waals surface area (Å²) in [6.45, 7) is 4.10. The summed E-state index contributed by atoms with van der Waals surface area (Å²) < 4.78 is 7.47. The quantitative estimate of drug-likeness (QED) is 0.661. The first-order valence-electron chi connectivity index (χ1n) is 11.1. The highest BCUT2D eigenvalue weighted by molar-refractivity contribution is 5.90. The molecule has 2 aliphatic rings. The van der Waals surface area contributed by atoms with Gasteiger partial charge in [-0.3, -0.25) is 4.79 Å². The summed E-state index contributed by atoms with van der Waals surface area (Å²) in [6, 6.07) is 18.4. The molecule has 1 aromatic heterocycles. The maximum absolute atomic E-state index is 13.1. The second-order valence-electron chi connectivity index (χ2n) is 8.71. The standard InChI is InChI=1S/C25H28N4O2/c1-18-7-5-6-10-21(18)25(13-15-31-16-14-25)17-26-24(30)22-27-23(19-11-12-19)29(28-22)20-8-3-2-4-9-20/h2-10,19H,11-17H2,1H3,(H,26,30). The molecule has 1 saturated heterocycles. The van der Waals surface area contributed by atoms with E-state index >= 15 is 0 Å². The Hall–Kier alpha value is -2.99. The molecular weight excluding hydrogens is 388 g/mol. The molecule has 1 aliphatic carbocycles. The van der Waals surface area contributed by atoms with Gasteiger partial charge in [-0.1, -0.05) is 42.5 Å². The zero-order valence-corrected chi connectivity index (χ0v) is 17.9. The molecule has 1 saturated carbocycles. The van der Waals surface area contributed by atoms with Gasteiger partial charge in [0.05, 0.1) is 5.69 Å². The first kappa shape index (κ1) is 19.9.